The Kier molecular flexibility index (Phi) is 3.10. The Morgan fingerprint density at radius 1 is 1.41 bits per heavy atom. The van der Waals surface area contributed by atoms with E-state index in [-0.39, 0.29) is 0 Å². The Hall–Kier alpha value is -1.88. The minimum Gasteiger partial charge on any atom is -0.368 e. The largest absolute Gasteiger partial charge is 0.368 e. The van der Waals surface area contributed by atoms with E-state index in [0.29, 0.717) is 4.77 Å². The molecule has 0 fully saturated rings. The molecular formula is C12H13N3OS. The normalized spacial score (nSPS) is 12.3. The summed E-state index contributed by atoms with van der Waals surface area (Å²) in [5.74, 6) is -0.405. The van der Waals surface area contributed by atoms with Gasteiger partial charge in [-0.15, -0.1) is 0 Å². The second-order valence-corrected chi connectivity index (χ2v) is 4.18. The average Bonchev–Trinajstić information content (AvgIpc) is 2.71. The number of rotatable bonds is 3. The van der Waals surface area contributed by atoms with Gasteiger partial charge in [-0.1, -0.05) is 30.3 Å². The molecule has 88 valence electrons. The van der Waals surface area contributed by atoms with E-state index >= 15 is 0 Å². The minimum absolute atomic E-state index is 0.405. The van der Waals surface area contributed by atoms with Crippen molar-refractivity contribution in [2.24, 2.45) is 5.73 Å². The summed E-state index contributed by atoms with van der Waals surface area (Å²) in [7, 11) is 0. The molecule has 1 unspecified atom stereocenters. The number of amides is 1. The molecule has 0 bridgehead atoms. The van der Waals surface area contributed by atoms with Gasteiger partial charge in [0.15, 0.2) is 4.77 Å². The van der Waals surface area contributed by atoms with Crippen molar-refractivity contribution < 1.29 is 4.79 Å². The van der Waals surface area contributed by atoms with Crippen LogP contribution in [0.15, 0.2) is 36.5 Å². The molecule has 0 radical (unpaired) electrons. The molecule has 0 aliphatic heterocycles. The maximum absolute atomic E-state index is 11.3. The highest BCUT2D eigenvalue weighted by Crippen LogP contribution is 2.22. The Bertz CT molecular complexity index is 585. The van der Waals surface area contributed by atoms with Crippen LogP contribution in [0.2, 0.25) is 0 Å². The minimum atomic E-state index is -0.469. The summed E-state index contributed by atoms with van der Waals surface area (Å²) in [5, 5.41) is 0. The second-order valence-electron chi connectivity index (χ2n) is 3.79. The van der Waals surface area contributed by atoms with Gasteiger partial charge in [-0.2, -0.15) is 0 Å². The van der Waals surface area contributed by atoms with Crippen LogP contribution in [0.5, 0.6) is 0 Å². The van der Waals surface area contributed by atoms with E-state index in [9.17, 15) is 4.79 Å². The molecule has 2 aromatic rings. The van der Waals surface area contributed by atoms with Crippen molar-refractivity contribution in [1.29, 1.82) is 0 Å². The molecule has 3 N–H and O–H groups in total. The molecule has 0 aliphatic rings. The summed E-state index contributed by atoms with van der Waals surface area (Å²) in [6, 6.07) is 9.26. The zero-order chi connectivity index (χ0) is 12.4. The maximum atomic E-state index is 11.3. The van der Waals surface area contributed by atoms with Crippen LogP contribution in [0.1, 0.15) is 13.0 Å². The van der Waals surface area contributed by atoms with Crippen LogP contribution in [-0.2, 0) is 4.79 Å². The van der Waals surface area contributed by atoms with Crippen LogP contribution in [-0.4, -0.2) is 15.5 Å². The van der Waals surface area contributed by atoms with Crippen LogP contribution in [0.4, 0.5) is 0 Å². The zero-order valence-corrected chi connectivity index (χ0v) is 10.2. The van der Waals surface area contributed by atoms with E-state index in [1.807, 2.05) is 30.3 Å². The number of primary amides is 1. The van der Waals surface area contributed by atoms with Gasteiger partial charge in [0.05, 0.1) is 5.69 Å². The van der Waals surface area contributed by atoms with Gasteiger partial charge in [-0.05, 0) is 24.7 Å². The lowest BCUT2D eigenvalue weighted by atomic mass is 10.1. The van der Waals surface area contributed by atoms with Crippen LogP contribution in [0.3, 0.4) is 0 Å². The molecule has 0 saturated carbocycles. The van der Waals surface area contributed by atoms with Crippen molar-refractivity contribution in [1.82, 2.24) is 9.55 Å². The number of benzene rings is 1. The lowest BCUT2D eigenvalue weighted by Crippen LogP contribution is -2.24. The lowest BCUT2D eigenvalue weighted by Gasteiger charge is -2.13. The number of carbonyl (C=O) groups excluding carboxylic acids is 1. The highest BCUT2D eigenvalue weighted by atomic mass is 32.1. The number of nitrogens with one attached hydrogen (secondary N) is 1. The molecule has 2 rings (SSSR count). The van der Waals surface area contributed by atoms with Crippen LogP contribution >= 0.6 is 12.2 Å². The molecule has 1 amide bonds. The third kappa shape index (κ3) is 2.14. The third-order valence-corrected chi connectivity index (χ3v) is 2.99. The fourth-order valence-corrected chi connectivity index (χ4v) is 2.04. The van der Waals surface area contributed by atoms with Crippen molar-refractivity contribution in [2.75, 3.05) is 0 Å². The molecule has 0 saturated heterocycles. The summed E-state index contributed by atoms with van der Waals surface area (Å²) in [5.41, 5.74) is 7.18. The molecule has 1 aromatic heterocycles. The third-order valence-electron chi connectivity index (χ3n) is 2.68. The Labute approximate surface area is 104 Å². The highest BCUT2D eigenvalue weighted by Gasteiger charge is 2.16. The van der Waals surface area contributed by atoms with Crippen molar-refractivity contribution >= 4 is 18.1 Å². The number of hydrogen-bond acceptors (Lipinski definition) is 2. The fourth-order valence-electron chi connectivity index (χ4n) is 1.72. The summed E-state index contributed by atoms with van der Waals surface area (Å²) in [4.78, 5) is 14.2. The van der Waals surface area contributed by atoms with Crippen molar-refractivity contribution in [3.05, 3.63) is 41.3 Å². The molecule has 5 heteroatoms. The maximum Gasteiger partial charge on any atom is 0.240 e. The Balaban J connectivity index is 2.58. The van der Waals surface area contributed by atoms with E-state index in [2.05, 4.69) is 4.98 Å². The second kappa shape index (κ2) is 4.55. The van der Waals surface area contributed by atoms with Crippen LogP contribution in [0.25, 0.3) is 11.3 Å². The van der Waals surface area contributed by atoms with Gasteiger partial charge in [-0.25, -0.2) is 0 Å². The molecule has 1 heterocycles. The number of aromatic nitrogens is 2. The number of H-pyrrole nitrogens is 1. The highest BCUT2D eigenvalue weighted by molar-refractivity contribution is 7.71. The van der Waals surface area contributed by atoms with E-state index in [1.54, 1.807) is 17.7 Å². The van der Waals surface area contributed by atoms with Crippen LogP contribution in [0, 0.1) is 4.77 Å². The first-order valence-electron chi connectivity index (χ1n) is 5.26. The standard InChI is InChI=1S/C12H13N3OS/c1-8(11(13)16)15-10(7-14-12(15)17)9-5-3-2-4-6-9/h2-8H,1H3,(H2,13,16)(H,14,17). The average molecular weight is 247 g/mol. The summed E-state index contributed by atoms with van der Waals surface area (Å²) >= 11 is 5.17. The SMILES string of the molecule is CC(C(N)=O)n1c(-c2ccccc2)c[nH]c1=S. The summed E-state index contributed by atoms with van der Waals surface area (Å²) in [6.45, 7) is 1.73. The van der Waals surface area contributed by atoms with E-state index in [1.165, 1.54) is 0 Å². The predicted molar refractivity (Wildman–Crippen MR) is 69.0 cm³/mol. The molecule has 0 spiro atoms. The molecular weight excluding hydrogens is 234 g/mol. The van der Waals surface area contributed by atoms with Crippen molar-refractivity contribution in [3.63, 3.8) is 0 Å². The fraction of sp³-hybridized carbons (Fsp3) is 0.167. The summed E-state index contributed by atoms with van der Waals surface area (Å²) < 4.78 is 2.22. The smallest absolute Gasteiger partial charge is 0.240 e. The lowest BCUT2D eigenvalue weighted by molar-refractivity contribution is -0.120. The first kappa shape index (κ1) is 11.6. The van der Waals surface area contributed by atoms with Gasteiger partial charge < -0.3 is 15.3 Å². The zero-order valence-electron chi connectivity index (χ0n) is 9.38. The molecule has 1 atom stereocenters. The van der Waals surface area contributed by atoms with Gasteiger partial charge >= 0.3 is 0 Å². The van der Waals surface area contributed by atoms with Gasteiger partial charge in [0.25, 0.3) is 0 Å². The van der Waals surface area contributed by atoms with E-state index in [0.717, 1.165) is 11.3 Å². The molecule has 4 nitrogen and oxygen atoms in total. The van der Waals surface area contributed by atoms with Crippen molar-refractivity contribution in [3.8, 4) is 11.3 Å². The summed E-state index contributed by atoms with van der Waals surface area (Å²) in [6.07, 6.45) is 1.79. The van der Waals surface area contributed by atoms with Gasteiger partial charge in [0.1, 0.15) is 6.04 Å². The Morgan fingerprint density at radius 3 is 2.65 bits per heavy atom. The monoisotopic (exact) mass is 247 g/mol. The first-order valence-corrected chi connectivity index (χ1v) is 5.66. The quantitative estimate of drug-likeness (QED) is 0.817. The number of hydrogen-bond donors (Lipinski definition) is 2. The molecule has 0 aliphatic carbocycles. The van der Waals surface area contributed by atoms with Gasteiger partial charge in [0.2, 0.25) is 5.91 Å². The predicted octanol–water partition coefficient (Wildman–Crippen LogP) is 2.26. The van der Waals surface area contributed by atoms with Gasteiger partial charge in [0, 0.05) is 6.20 Å². The number of nitrogens with two attached hydrogens (primary N) is 1. The molecule has 17 heavy (non-hydrogen) atoms. The van der Waals surface area contributed by atoms with Gasteiger partial charge in [-0.3, -0.25) is 4.79 Å². The molecule has 1 aromatic carbocycles. The van der Waals surface area contributed by atoms with Crippen molar-refractivity contribution in [2.45, 2.75) is 13.0 Å². The number of imidazole rings is 1. The number of nitrogens with zero attached hydrogens (tertiary/aromatic N) is 1. The van der Waals surface area contributed by atoms with E-state index in [4.69, 9.17) is 18.0 Å². The topological polar surface area (TPSA) is 63.8 Å². The van der Waals surface area contributed by atoms with Crippen LogP contribution < -0.4 is 5.73 Å². The van der Waals surface area contributed by atoms with E-state index < -0.39 is 11.9 Å². The Morgan fingerprint density at radius 2 is 2.06 bits per heavy atom. The number of carbonyl (C=O) groups is 1. The number of aromatic amines is 1. The first-order chi connectivity index (χ1) is 8.11.